The van der Waals surface area contributed by atoms with Crippen molar-refractivity contribution in [2.45, 2.75) is 57.2 Å². The Morgan fingerprint density at radius 3 is 2.86 bits per heavy atom. The SMILES string of the molecule is CC1CCCCN1C(=O)CN1CCC2(CCC1=O)NC(=O)c1ccccc1O2. The molecule has 150 valence electrons. The smallest absolute Gasteiger partial charge is 0.258 e. The van der Waals surface area contributed by atoms with Crippen molar-refractivity contribution >= 4 is 17.7 Å². The molecule has 4 rings (SSSR count). The number of nitrogens with one attached hydrogen (secondary N) is 1. The molecule has 2 fully saturated rings. The van der Waals surface area contributed by atoms with Gasteiger partial charge in [0.2, 0.25) is 11.8 Å². The van der Waals surface area contributed by atoms with E-state index < -0.39 is 5.72 Å². The predicted octanol–water partition coefficient (Wildman–Crippen LogP) is 1.92. The van der Waals surface area contributed by atoms with Gasteiger partial charge in [0, 0.05) is 38.4 Å². The van der Waals surface area contributed by atoms with Gasteiger partial charge in [-0.3, -0.25) is 14.4 Å². The normalized spacial score (nSPS) is 27.7. The van der Waals surface area contributed by atoms with Crippen LogP contribution in [-0.2, 0) is 9.59 Å². The molecule has 2 atom stereocenters. The number of nitrogens with zero attached hydrogens (tertiary/aromatic N) is 2. The molecular weight excluding hydrogens is 358 g/mol. The van der Waals surface area contributed by atoms with Crippen LogP contribution in [0, 0.1) is 0 Å². The standard InChI is InChI=1S/C21H27N3O4/c1-15-6-4-5-12-24(15)19(26)14-23-13-11-21(10-9-18(23)25)22-20(27)16-7-2-3-8-17(16)28-21/h2-3,7-8,15H,4-6,9-14H2,1H3,(H,22,27). The van der Waals surface area contributed by atoms with E-state index in [-0.39, 0.29) is 36.7 Å². The van der Waals surface area contributed by atoms with E-state index in [1.165, 1.54) is 0 Å². The number of amides is 3. The van der Waals surface area contributed by atoms with E-state index in [1.54, 1.807) is 23.1 Å². The second-order valence-electron chi connectivity index (χ2n) is 8.04. The van der Waals surface area contributed by atoms with Crippen molar-refractivity contribution < 1.29 is 19.1 Å². The van der Waals surface area contributed by atoms with E-state index >= 15 is 0 Å². The fourth-order valence-electron chi connectivity index (χ4n) is 4.40. The molecule has 0 saturated carbocycles. The Kier molecular flexibility index (Phi) is 5.00. The largest absolute Gasteiger partial charge is 0.467 e. The van der Waals surface area contributed by atoms with Gasteiger partial charge in [-0.25, -0.2) is 0 Å². The van der Waals surface area contributed by atoms with Crippen LogP contribution in [0.15, 0.2) is 24.3 Å². The molecule has 3 aliphatic heterocycles. The number of carbonyl (C=O) groups is 3. The van der Waals surface area contributed by atoms with Gasteiger partial charge in [0.15, 0.2) is 5.72 Å². The lowest BCUT2D eigenvalue weighted by Crippen LogP contribution is -2.56. The molecule has 1 aromatic rings. The van der Waals surface area contributed by atoms with Gasteiger partial charge in [-0.15, -0.1) is 0 Å². The molecule has 1 aromatic carbocycles. The van der Waals surface area contributed by atoms with Crippen molar-refractivity contribution in [3.63, 3.8) is 0 Å². The Morgan fingerprint density at radius 1 is 1.21 bits per heavy atom. The first-order valence-corrected chi connectivity index (χ1v) is 10.2. The summed E-state index contributed by atoms with van der Waals surface area (Å²) in [6.07, 6.45) is 4.28. The number of piperidine rings is 1. The number of fused-ring (bicyclic) bond motifs is 1. The van der Waals surface area contributed by atoms with Gasteiger partial charge in [0.1, 0.15) is 5.75 Å². The van der Waals surface area contributed by atoms with Crippen molar-refractivity contribution in [2.75, 3.05) is 19.6 Å². The van der Waals surface area contributed by atoms with Gasteiger partial charge in [-0.1, -0.05) is 12.1 Å². The lowest BCUT2D eigenvalue weighted by Gasteiger charge is -2.38. The fraction of sp³-hybridized carbons (Fsp3) is 0.571. The third-order valence-corrected chi connectivity index (χ3v) is 6.11. The maximum absolute atomic E-state index is 12.7. The maximum atomic E-state index is 12.7. The summed E-state index contributed by atoms with van der Waals surface area (Å²) in [5.41, 5.74) is -0.382. The Labute approximate surface area is 165 Å². The first-order valence-electron chi connectivity index (χ1n) is 10.2. The molecule has 0 bridgehead atoms. The Balaban J connectivity index is 1.45. The minimum absolute atomic E-state index is 0.00967. The van der Waals surface area contributed by atoms with Crippen LogP contribution in [0.4, 0.5) is 0 Å². The molecule has 0 aliphatic carbocycles. The molecule has 2 saturated heterocycles. The number of hydrogen-bond acceptors (Lipinski definition) is 4. The zero-order chi connectivity index (χ0) is 19.7. The van der Waals surface area contributed by atoms with Crippen LogP contribution in [-0.4, -0.2) is 58.9 Å². The zero-order valence-corrected chi connectivity index (χ0v) is 16.3. The molecule has 2 unspecified atom stereocenters. The van der Waals surface area contributed by atoms with Gasteiger partial charge >= 0.3 is 0 Å². The minimum atomic E-state index is -0.892. The maximum Gasteiger partial charge on any atom is 0.258 e. The molecule has 3 heterocycles. The topological polar surface area (TPSA) is 79.0 Å². The molecule has 3 aliphatic rings. The zero-order valence-electron chi connectivity index (χ0n) is 16.3. The Bertz CT molecular complexity index is 796. The van der Waals surface area contributed by atoms with Crippen LogP contribution in [0.3, 0.4) is 0 Å². The summed E-state index contributed by atoms with van der Waals surface area (Å²) >= 11 is 0. The highest BCUT2D eigenvalue weighted by Crippen LogP contribution is 2.33. The van der Waals surface area contributed by atoms with Crippen molar-refractivity contribution in [3.05, 3.63) is 29.8 Å². The van der Waals surface area contributed by atoms with Crippen LogP contribution in [0.2, 0.25) is 0 Å². The van der Waals surface area contributed by atoms with Crippen LogP contribution >= 0.6 is 0 Å². The Morgan fingerprint density at radius 2 is 2.04 bits per heavy atom. The van der Waals surface area contributed by atoms with Gasteiger partial charge in [-0.2, -0.15) is 0 Å². The van der Waals surface area contributed by atoms with Crippen LogP contribution < -0.4 is 10.1 Å². The number of rotatable bonds is 2. The molecular formula is C21H27N3O4. The summed E-state index contributed by atoms with van der Waals surface area (Å²) in [5.74, 6) is 0.313. The number of benzene rings is 1. The highest BCUT2D eigenvalue weighted by Gasteiger charge is 2.43. The van der Waals surface area contributed by atoms with E-state index in [2.05, 4.69) is 12.2 Å². The summed E-state index contributed by atoms with van der Waals surface area (Å²) in [6.45, 7) is 3.32. The molecule has 1 spiro atoms. The summed E-state index contributed by atoms with van der Waals surface area (Å²) in [7, 11) is 0. The highest BCUT2D eigenvalue weighted by molar-refractivity contribution is 5.98. The van der Waals surface area contributed by atoms with Crippen LogP contribution in [0.25, 0.3) is 0 Å². The third-order valence-electron chi connectivity index (χ3n) is 6.11. The molecule has 7 heteroatoms. The fourth-order valence-corrected chi connectivity index (χ4v) is 4.40. The quantitative estimate of drug-likeness (QED) is 0.844. The van der Waals surface area contributed by atoms with Crippen molar-refractivity contribution in [2.24, 2.45) is 0 Å². The first-order chi connectivity index (χ1) is 13.5. The van der Waals surface area contributed by atoms with E-state index in [4.69, 9.17) is 4.74 Å². The average molecular weight is 385 g/mol. The number of carbonyl (C=O) groups excluding carboxylic acids is 3. The first kappa shape index (κ1) is 18.8. The van der Waals surface area contributed by atoms with Crippen LogP contribution in [0.5, 0.6) is 5.75 Å². The molecule has 1 N–H and O–H groups in total. The summed E-state index contributed by atoms with van der Waals surface area (Å²) in [4.78, 5) is 41.4. The molecule has 0 aromatic heterocycles. The lowest BCUT2D eigenvalue weighted by atomic mass is 10.0. The van der Waals surface area contributed by atoms with E-state index in [9.17, 15) is 14.4 Å². The van der Waals surface area contributed by atoms with Gasteiger partial charge in [0.25, 0.3) is 5.91 Å². The number of para-hydroxylation sites is 1. The summed E-state index contributed by atoms with van der Waals surface area (Å²) < 4.78 is 6.14. The van der Waals surface area contributed by atoms with Crippen molar-refractivity contribution in [1.82, 2.24) is 15.1 Å². The average Bonchev–Trinajstić information content (AvgIpc) is 2.83. The van der Waals surface area contributed by atoms with Crippen molar-refractivity contribution in [3.8, 4) is 5.75 Å². The molecule has 0 radical (unpaired) electrons. The Hall–Kier alpha value is -2.57. The van der Waals surface area contributed by atoms with Gasteiger partial charge in [-0.05, 0) is 38.3 Å². The lowest BCUT2D eigenvalue weighted by molar-refractivity contribution is -0.142. The van der Waals surface area contributed by atoms with Crippen molar-refractivity contribution in [1.29, 1.82) is 0 Å². The monoisotopic (exact) mass is 385 g/mol. The van der Waals surface area contributed by atoms with E-state index in [0.29, 0.717) is 30.7 Å². The van der Waals surface area contributed by atoms with E-state index in [0.717, 1.165) is 25.8 Å². The number of ether oxygens (including phenoxy) is 1. The molecule has 3 amide bonds. The predicted molar refractivity (Wildman–Crippen MR) is 103 cm³/mol. The second-order valence-corrected chi connectivity index (χ2v) is 8.04. The number of likely N-dealkylation sites (tertiary alicyclic amines) is 2. The highest BCUT2D eigenvalue weighted by atomic mass is 16.5. The molecule has 28 heavy (non-hydrogen) atoms. The van der Waals surface area contributed by atoms with Gasteiger partial charge < -0.3 is 19.9 Å². The second kappa shape index (κ2) is 7.45. The summed E-state index contributed by atoms with van der Waals surface area (Å²) in [5, 5.41) is 2.96. The van der Waals surface area contributed by atoms with Crippen LogP contribution in [0.1, 0.15) is 55.8 Å². The summed E-state index contributed by atoms with van der Waals surface area (Å²) in [6, 6.07) is 7.36. The molecule has 7 nitrogen and oxygen atoms in total. The number of hydrogen-bond donors (Lipinski definition) is 1. The van der Waals surface area contributed by atoms with E-state index in [1.807, 2.05) is 11.0 Å². The third kappa shape index (κ3) is 3.57. The van der Waals surface area contributed by atoms with Gasteiger partial charge in [0.05, 0.1) is 12.1 Å². The minimum Gasteiger partial charge on any atom is -0.467 e.